The molecule has 0 saturated heterocycles. The minimum Gasteiger partial charge on any atom is -0.497 e. The molecule has 0 aromatic heterocycles. The second kappa shape index (κ2) is 10.2. The van der Waals surface area contributed by atoms with E-state index in [9.17, 15) is 9.59 Å². The number of ketones is 1. The summed E-state index contributed by atoms with van der Waals surface area (Å²) in [5.74, 6) is -0.284. The van der Waals surface area contributed by atoms with Gasteiger partial charge < -0.3 is 14.8 Å². The number of Topliss-reactive ketones (excluding diaryl/α,β-unsaturated/α-hetero) is 1. The molecule has 1 heterocycles. The van der Waals surface area contributed by atoms with Gasteiger partial charge in [-0.3, -0.25) is 4.79 Å². The van der Waals surface area contributed by atoms with Crippen molar-refractivity contribution in [3.63, 3.8) is 0 Å². The molecule has 1 aliphatic carbocycles. The molecule has 0 radical (unpaired) electrons. The number of methoxy groups -OCH3 is 1. The van der Waals surface area contributed by atoms with Crippen LogP contribution in [0.15, 0.2) is 65.0 Å². The van der Waals surface area contributed by atoms with Gasteiger partial charge in [0.05, 0.1) is 19.3 Å². The summed E-state index contributed by atoms with van der Waals surface area (Å²) in [7, 11) is 1.63. The Morgan fingerprint density at radius 2 is 1.85 bits per heavy atom. The van der Waals surface area contributed by atoms with Gasteiger partial charge in [0, 0.05) is 39.4 Å². The van der Waals surface area contributed by atoms with Gasteiger partial charge >= 0.3 is 5.97 Å². The van der Waals surface area contributed by atoms with Gasteiger partial charge in [-0.1, -0.05) is 48.3 Å². The molecule has 0 bridgehead atoms. The largest absolute Gasteiger partial charge is 0.497 e. The standard InChI is InChI=1S/C27H27Cl2NO4/c1-4-11-34-27(32)24-15(2)30-22-12-17(16-5-8-19(33-3)9-6-16)13-23(31)26(22)25(24)20-10-7-18(28)14-21(20)29/h5-10,14,17,25,30H,4,11-13H2,1-3H3/t17-,25-/m1/s1. The molecule has 0 amide bonds. The summed E-state index contributed by atoms with van der Waals surface area (Å²) in [5.41, 5.74) is 4.20. The Kier molecular flexibility index (Phi) is 7.34. The van der Waals surface area contributed by atoms with Crippen LogP contribution in [0.5, 0.6) is 5.75 Å². The number of nitrogens with one attached hydrogen (secondary N) is 1. The lowest BCUT2D eigenvalue weighted by molar-refractivity contribution is -0.139. The molecule has 0 fully saturated rings. The third kappa shape index (κ3) is 4.73. The normalized spacial score (nSPS) is 20.1. The fourth-order valence-corrected chi connectivity index (χ4v) is 5.26. The van der Waals surface area contributed by atoms with E-state index in [1.54, 1.807) is 25.3 Å². The van der Waals surface area contributed by atoms with E-state index < -0.39 is 11.9 Å². The molecular weight excluding hydrogens is 473 g/mol. The van der Waals surface area contributed by atoms with Gasteiger partial charge in [-0.05, 0) is 61.1 Å². The van der Waals surface area contributed by atoms with Crippen LogP contribution in [0.3, 0.4) is 0 Å². The first-order valence-electron chi connectivity index (χ1n) is 11.3. The van der Waals surface area contributed by atoms with Gasteiger partial charge in [0.15, 0.2) is 5.78 Å². The highest BCUT2D eigenvalue weighted by Crippen LogP contribution is 2.47. The van der Waals surface area contributed by atoms with Crippen molar-refractivity contribution in [2.24, 2.45) is 0 Å². The Morgan fingerprint density at radius 1 is 1.12 bits per heavy atom. The van der Waals surface area contributed by atoms with Crippen LogP contribution in [0.4, 0.5) is 0 Å². The number of benzene rings is 2. The van der Waals surface area contributed by atoms with Crippen LogP contribution in [-0.4, -0.2) is 25.5 Å². The van der Waals surface area contributed by atoms with Crippen molar-refractivity contribution in [2.45, 2.75) is 44.9 Å². The number of hydrogen-bond acceptors (Lipinski definition) is 5. The van der Waals surface area contributed by atoms with Gasteiger partial charge in [0.25, 0.3) is 0 Å². The summed E-state index contributed by atoms with van der Waals surface area (Å²) in [5, 5.41) is 4.25. The van der Waals surface area contributed by atoms with E-state index in [4.69, 9.17) is 32.7 Å². The van der Waals surface area contributed by atoms with Crippen molar-refractivity contribution in [1.29, 1.82) is 0 Å². The average molecular weight is 500 g/mol. The molecule has 2 atom stereocenters. The summed E-state index contributed by atoms with van der Waals surface area (Å²) in [6.45, 7) is 4.08. The topological polar surface area (TPSA) is 64.6 Å². The lowest BCUT2D eigenvalue weighted by atomic mass is 9.71. The zero-order chi connectivity index (χ0) is 24.4. The van der Waals surface area contributed by atoms with E-state index >= 15 is 0 Å². The van der Waals surface area contributed by atoms with E-state index in [0.29, 0.717) is 58.3 Å². The number of carbonyl (C=O) groups is 2. The molecule has 4 rings (SSSR count). The number of dihydropyridines is 1. The Labute approximate surface area is 209 Å². The van der Waals surface area contributed by atoms with Crippen LogP contribution in [0, 0.1) is 0 Å². The molecular formula is C27H27Cl2NO4. The fourth-order valence-electron chi connectivity index (χ4n) is 4.74. The molecule has 0 saturated carbocycles. The lowest BCUT2D eigenvalue weighted by Crippen LogP contribution is -2.36. The quantitative estimate of drug-likeness (QED) is 0.471. The Hall–Kier alpha value is -2.76. The third-order valence-corrected chi connectivity index (χ3v) is 6.91. The van der Waals surface area contributed by atoms with Gasteiger partial charge in [-0.25, -0.2) is 4.79 Å². The number of allylic oxidation sites excluding steroid dienone is 3. The highest BCUT2D eigenvalue weighted by molar-refractivity contribution is 6.35. The summed E-state index contributed by atoms with van der Waals surface area (Å²) < 4.78 is 10.8. The Morgan fingerprint density at radius 3 is 2.50 bits per heavy atom. The maximum Gasteiger partial charge on any atom is 0.336 e. The molecule has 7 heteroatoms. The number of rotatable bonds is 6. The molecule has 178 valence electrons. The maximum atomic E-state index is 13.6. The van der Waals surface area contributed by atoms with Crippen molar-refractivity contribution in [1.82, 2.24) is 5.32 Å². The van der Waals surface area contributed by atoms with Gasteiger partial charge in [0.2, 0.25) is 0 Å². The number of hydrogen-bond donors (Lipinski definition) is 1. The number of ether oxygens (including phenoxy) is 2. The van der Waals surface area contributed by atoms with Gasteiger partial charge in [-0.15, -0.1) is 0 Å². The number of carbonyl (C=O) groups excluding carboxylic acids is 2. The van der Waals surface area contributed by atoms with E-state index in [0.717, 1.165) is 17.0 Å². The molecule has 1 N–H and O–H groups in total. The van der Waals surface area contributed by atoms with Crippen LogP contribution < -0.4 is 10.1 Å². The third-order valence-electron chi connectivity index (χ3n) is 6.35. The monoisotopic (exact) mass is 499 g/mol. The van der Waals surface area contributed by atoms with Crippen molar-refractivity contribution < 1.29 is 19.1 Å². The molecule has 2 aromatic carbocycles. The van der Waals surface area contributed by atoms with Gasteiger partial charge in [0.1, 0.15) is 5.75 Å². The average Bonchev–Trinajstić information content (AvgIpc) is 2.81. The van der Waals surface area contributed by atoms with Crippen LogP contribution in [-0.2, 0) is 14.3 Å². The molecule has 1 aliphatic heterocycles. The molecule has 2 aromatic rings. The maximum absolute atomic E-state index is 13.6. The summed E-state index contributed by atoms with van der Waals surface area (Å²) in [6.07, 6.45) is 1.68. The first kappa shape index (κ1) is 24.4. The lowest BCUT2D eigenvalue weighted by Gasteiger charge is -2.37. The van der Waals surface area contributed by atoms with Crippen LogP contribution in [0.1, 0.15) is 56.1 Å². The minimum atomic E-state index is -0.616. The second-order valence-corrected chi connectivity index (χ2v) is 9.44. The molecule has 5 nitrogen and oxygen atoms in total. The van der Waals surface area contributed by atoms with Crippen LogP contribution >= 0.6 is 23.2 Å². The summed E-state index contributed by atoms with van der Waals surface area (Å²) >= 11 is 12.7. The number of halogens is 2. The first-order valence-corrected chi connectivity index (χ1v) is 12.1. The summed E-state index contributed by atoms with van der Waals surface area (Å²) in [4.78, 5) is 26.7. The van der Waals surface area contributed by atoms with Gasteiger partial charge in [-0.2, -0.15) is 0 Å². The zero-order valence-corrected chi connectivity index (χ0v) is 20.9. The smallest absolute Gasteiger partial charge is 0.336 e. The van der Waals surface area contributed by atoms with E-state index in [2.05, 4.69) is 5.32 Å². The first-order chi connectivity index (χ1) is 16.3. The highest BCUT2D eigenvalue weighted by atomic mass is 35.5. The molecule has 0 unspecified atom stereocenters. The van der Waals surface area contributed by atoms with Crippen molar-refractivity contribution in [2.75, 3.05) is 13.7 Å². The van der Waals surface area contributed by atoms with Crippen molar-refractivity contribution >= 4 is 35.0 Å². The number of esters is 1. The van der Waals surface area contributed by atoms with Crippen molar-refractivity contribution in [3.8, 4) is 5.75 Å². The predicted octanol–water partition coefficient (Wildman–Crippen LogP) is 6.32. The van der Waals surface area contributed by atoms with Crippen LogP contribution in [0.2, 0.25) is 10.0 Å². The minimum absolute atomic E-state index is 0.0149. The zero-order valence-electron chi connectivity index (χ0n) is 19.4. The van der Waals surface area contributed by atoms with Crippen molar-refractivity contribution in [3.05, 3.63) is 86.2 Å². The van der Waals surface area contributed by atoms with E-state index in [1.807, 2.05) is 38.1 Å². The molecule has 34 heavy (non-hydrogen) atoms. The Bertz CT molecular complexity index is 1180. The fraction of sp³-hybridized carbons (Fsp3) is 0.333. The highest BCUT2D eigenvalue weighted by Gasteiger charge is 2.42. The van der Waals surface area contributed by atoms with Crippen LogP contribution in [0.25, 0.3) is 0 Å². The SMILES string of the molecule is CCCOC(=O)C1=C(C)NC2=C(C(=O)C[C@H](c3ccc(OC)cc3)C2)[C@@H]1c1ccc(Cl)cc1Cl. The summed E-state index contributed by atoms with van der Waals surface area (Å²) in [6, 6.07) is 12.9. The van der Waals surface area contributed by atoms with E-state index in [-0.39, 0.29) is 11.7 Å². The predicted molar refractivity (Wildman–Crippen MR) is 133 cm³/mol. The Balaban J connectivity index is 1.78. The molecule has 0 spiro atoms. The second-order valence-electron chi connectivity index (χ2n) is 8.59. The van der Waals surface area contributed by atoms with E-state index in [1.165, 1.54) is 0 Å². The molecule has 2 aliphatic rings.